The Kier molecular flexibility index (Phi) is 13.0. The van der Waals surface area contributed by atoms with Gasteiger partial charge in [0.1, 0.15) is 11.9 Å². The van der Waals surface area contributed by atoms with Gasteiger partial charge in [0.25, 0.3) is 0 Å². The molecule has 4 N–H and O–H groups in total. The molecule has 0 aromatic rings. The van der Waals surface area contributed by atoms with E-state index in [0.29, 0.717) is 57.8 Å². The summed E-state index contributed by atoms with van der Waals surface area (Å²) in [5.74, 6) is -5.78. The smallest absolute Gasteiger partial charge is 0.309 e. The summed E-state index contributed by atoms with van der Waals surface area (Å²) in [5, 5.41) is 44.0. The Bertz CT molecular complexity index is 1320. The second kappa shape index (κ2) is 16.2. The Labute approximate surface area is 317 Å². The van der Waals surface area contributed by atoms with E-state index in [9.17, 15) is 30.0 Å². The van der Waals surface area contributed by atoms with Gasteiger partial charge >= 0.3 is 5.97 Å². The minimum absolute atomic E-state index is 0.0137. The predicted molar refractivity (Wildman–Crippen MR) is 199 cm³/mol. The SMILES string of the molecule is CC[C@@H](C(=O)[C@@H](C)[C@@H](O)[C@H](C)[C@@H]1O[C@@H]([C@@H](CC)C(=O)O)CC[C@@H]1C)C1O[C@]2(C=C[C@@H](O)[C@]3(CC[C@@](C)([C@H]4CC[C@](O)(CC)[C@H](C)O4)O3)O2)[C@H](C)C[C@@H]1C. The maximum Gasteiger partial charge on any atom is 0.309 e. The van der Waals surface area contributed by atoms with Crippen LogP contribution in [0.4, 0.5) is 0 Å². The topological polar surface area (TPSA) is 161 Å². The number of carbonyl (C=O) groups excluding carboxylic acids is 1. The molecule has 0 radical (unpaired) electrons. The highest BCUT2D eigenvalue weighted by Crippen LogP contribution is 2.54. The average molecular weight is 751 g/mol. The van der Waals surface area contributed by atoms with Crippen LogP contribution >= 0.6 is 0 Å². The molecule has 304 valence electrons. The fourth-order valence-electron chi connectivity index (χ4n) is 10.5. The van der Waals surface area contributed by atoms with Crippen LogP contribution in [0.2, 0.25) is 0 Å². The van der Waals surface area contributed by atoms with Gasteiger partial charge in [-0.3, -0.25) is 9.59 Å². The second-order valence-corrected chi connectivity index (χ2v) is 17.9. The quantitative estimate of drug-likeness (QED) is 0.169. The summed E-state index contributed by atoms with van der Waals surface area (Å²) in [4.78, 5) is 26.4. The highest BCUT2D eigenvalue weighted by molar-refractivity contribution is 5.84. The number of carbonyl (C=O) groups is 2. The van der Waals surface area contributed by atoms with Crippen molar-refractivity contribution >= 4 is 11.8 Å². The molecule has 5 rings (SSSR count). The summed E-state index contributed by atoms with van der Waals surface area (Å²) >= 11 is 0. The third-order valence-corrected chi connectivity index (χ3v) is 14.4. The van der Waals surface area contributed by atoms with Gasteiger partial charge in [0.15, 0.2) is 5.79 Å². The van der Waals surface area contributed by atoms with Gasteiger partial charge in [-0.15, -0.1) is 0 Å². The number of hydrogen-bond acceptors (Lipinski definition) is 10. The standard InChI is InChI=1S/C42H70O11/c1-11-29(38(46)47)31-15-14-23(4)36(50-31)27(8)34(44)26(7)35(45)30(12-2)37-24(5)22-25(6)41(51-37)19-16-32(43)42(53-41)21-20-39(10,52-42)33-17-18-40(48,13-3)28(9)49-33/h16,19,23-34,36-37,43-44,48H,11-15,17-18,20-22H2,1-10H3,(H,46,47)/t23-,24-,25+,26-,27-,28-,29+,30-,31+,32+,33+,34+,36+,37?,39-,40+,41-,42-/m0/s1. The van der Waals surface area contributed by atoms with Crippen molar-refractivity contribution in [2.45, 2.75) is 199 Å². The van der Waals surface area contributed by atoms with E-state index in [0.717, 1.165) is 6.42 Å². The van der Waals surface area contributed by atoms with Crippen molar-refractivity contribution in [3.63, 3.8) is 0 Å². The second-order valence-electron chi connectivity index (χ2n) is 17.9. The lowest BCUT2D eigenvalue weighted by atomic mass is 9.72. The molecule has 18 atom stereocenters. The summed E-state index contributed by atoms with van der Waals surface area (Å²) in [5.41, 5.74) is -1.63. The van der Waals surface area contributed by atoms with Gasteiger partial charge < -0.3 is 44.1 Å². The molecule has 4 fully saturated rings. The van der Waals surface area contributed by atoms with Crippen molar-refractivity contribution in [2.24, 2.45) is 41.4 Å². The average Bonchev–Trinajstić information content (AvgIpc) is 3.47. The van der Waals surface area contributed by atoms with Gasteiger partial charge in [-0.1, -0.05) is 55.4 Å². The number of aliphatic hydroxyl groups excluding tert-OH is 2. The van der Waals surface area contributed by atoms with Crippen LogP contribution in [-0.2, 0) is 33.3 Å². The monoisotopic (exact) mass is 750 g/mol. The number of hydrogen-bond donors (Lipinski definition) is 4. The third kappa shape index (κ3) is 7.94. The predicted octanol–water partition coefficient (Wildman–Crippen LogP) is 6.19. The van der Waals surface area contributed by atoms with Crippen molar-refractivity contribution in [3.05, 3.63) is 12.2 Å². The molecule has 5 heterocycles. The van der Waals surface area contributed by atoms with E-state index in [1.165, 1.54) is 0 Å². The molecule has 0 amide bonds. The van der Waals surface area contributed by atoms with Crippen molar-refractivity contribution < 1.29 is 53.7 Å². The number of ether oxygens (including phenoxy) is 5. The molecule has 0 saturated carbocycles. The lowest BCUT2D eigenvalue weighted by Crippen LogP contribution is -2.63. The number of aliphatic hydroxyl groups is 3. The molecule has 11 nitrogen and oxygen atoms in total. The Morgan fingerprint density at radius 1 is 0.887 bits per heavy atom. The van der Waals surface area contributed by atoms with Gasteiger partial charge in [-0.05, 0) is 95.6 Å². The first kappa shape index (κ1) is 42.7. The molecule has 4 saturated heterocycles. The van der Waals surface area contributed by atoms with Crippen LogP contribution in [0, 0.1) is 41.4 Å². The molecule has 0 bridgehead atoms. The van der Waals surface area contributed by atoms with Gasteiger partial charge in [0.2, 0.25) is 5.79 Å². The van der Waals surface area contributed by atoms with E-state index in [1.54, 1.807) is 19.1 Å². The van der Waals surface area contributed by atoms with Crippen molar-refractivity contribution in [1.82, 2.24) is 0 Å². The number of ketones is 1. The number of Topliss-reactive ketones (excluding diaryl/α,β-unsaturated/α-hetero) is 1. The Hall–Kier alpha value is -1.44. The minimum Gasteiger partial charge on any atom is -0.481 e. The third-order valence-electron chi connectivity index (χ3n) is 14.4. The number of aliphatic carboxylic acids is 1. The van der Waals surface area contributed by atoms with Crippen LogP contribution in [0.3, 0.4) is 0 Å². The Morgan fingerprint density at radius 2 is 1.57 bits per heavy atom. The van der Waals surface area contributed by atoms with E-state index >= 15 is 0 Å². The lowest BCUT2D eigenvalue weighted by molar-refractivity contribution is -0.409. The molecule has 0 aliphatic carbocycles. The van der Waals surface area contributed by atoms with E-state index in [-0.39, 0.29) is 41.8 Å². The maximum absolute atomic E-state index is 14.4. The van der Waals surface area contributed by atoms with Gasteiger partial charge in [0.05, 0.1) is 53.7 Å². The highest BCUT2D eigenvalue weighted by Gasteiger charge is 2.63. The molecule has 2 spiro atoms. The minimum atomic E-state index is -1.37. The zero-order valence-corrected chi connectivity index (χ0v) is 34.0. The Balaban J connectivity index is 1.31. The highest BCUT2D eigenvalue weighted by atomic mass is 16.8. The molecule has 5 aliphatic rings. The molecule has 1 unspecified atom stereocenters. The molecular weight excluding hydrogens is 680 g/mol. The zero-order chi connectivity index (χ0) is 39.3. The summed E-state index contributed by atoms with van der Waals surface area (Å²) < 4.78 is 33.5. The normalized spacial score (nSPS) is 46.2. The largest absolute Gasteiger partial charge is 0.481 e. The molecule has 0 aromatic heterocycles. The zero-order valence-electron chi connectivity index (χ0n) is 34.0. The van der Waals surface area contributed by atoms with Gasteiger partial charge in [-0.25, -0.2) is 0 Å². The first-order valence-electron chi connectivity index (χ1n) is 20.7. The van der Waals surface area contributed by atoms with Crippen molar-refractivity contribution in [3.8, 4) is 0 Å². The van der Waals surface area contributed by atoms with Crippen LogP contribution in [0.25, 0.3) is 0 Å². The summed E-state index contributed by atoms with van der Waals surface area (Å²) in [6.45, 7) is 19.6. The molecule has 11 heteroatoms. The van der Waals surface area contributed by atoms with E-state index < -0.39 is 76.8 Å². The molecule has 5 aliphatic heterocycles. The summed E-state index contributed by atoms with van der Waals surface area (Å²) in [7, 11) is 0. The summed E-state index contributed by atoms with van der Waals surface area (Å²) in [6.07, 6.45) is 5.51. The fraction of sp³-hybridized carbons (Fsp3) is 0.905. The van der Waals surface area contributed by atoms with E-state index in [4.69, 9.17) is 23.7 Å². The molecule has 53 heavy (non-hydrogen) atoms. The van der Waals surface area contributed by atoms with Crippen LogP contribution in [0.5, 0.6) is 0 Å². The van der Waals surface area contributed by atoms with E-state index in [1.807, 2.05) is 41.5 Å². The lowest BCUT2D eigenvalue weighted by Gasteiger charge is -2.54. The van der Waals surface area contributed by atoms with Crippen LogP contribution in [0.1, 0.15) is 133 Å². The van der Waals surface area contributed by atoms with Crippen LogP contribution in [0.15, 0.2) is 12.2 Å². The molecular formula is C42H70O11. The van der Waals surface area contributed by atoms with Crippen LogP contribution < -0.4 is 0 Å². The maximum atomic E-state index is 14.4. The Morgan fingerprint density at radius 3 is 2.17 bits per heavy atom. The van der Waals surface area contributed by atoms with Crippen molar-refractivity contribution in [1.29, 1.82) is 0 Å². The summed E-state index contributed by atoms with van der Waals surface area (Å²) in [6, 6.07) is 0. The first-order chi connectivity index (χ1) is 24.8. The number of carboxylic acid groups (broad SMARTS) is 1. The van der Waals surface area contributed by atoms with E-state index in [2.05, 4.69) is 20.8 Å². The first-order valence-corrected chi connectivity index (χ1v) is 20.7. The van der Waals surface area contributed by atoms with Gasteiger partial charge in [0, 0.05) is 30.1 Å². The van der Waals surface area contributed by atoms with Crippen LogP contribution in [-0.4, -0.2) is 97.7 Å². The number of carboxylic acids is 1. The number of rotatable bonds is 12. The molecule has 0 aromatic carbocycles. The van der Waals surface area contributed by atoms with Crippen molar-refractivity contribution in [2.75, 3.05) is 0 Å². The fourth-order valence-corrected chi connectivity index (χ4v) is 10.5. The van der Waals surface area contributed by atoms with Gasteiger partial charge in [-0.2, -0.15) is 0 Å².